The van der Waals surface area contributed by atoms with Gasteiger partial charge in [0.2, 0.25) is 15.9 Å². The second-order valence-corrected chi connectivity index (χ2v) is 11.2. The fourth-order valence-electron chi connectivity index (χ4n) is 3.21. The second kappa shape index (κ2) is 7.38. The number of rotatable bonds is 6. The minimum absolute atomic E-state index is 0.152. The Kier molecular flexibility index (Phi) is 4.85. The topological polar surface area (TPSA) is 105 Å². The second-order valence-electron chi connectivity index (χ2n) is 7.00. The van der Waals surface area contributed by atoms with E-state index in [4.69, 9.17) is 4.42 Å². The smallest absolute Gasteiger partial charge is 0.257 e. The van der Waals surface area contributed by atoms with Gasteiger partial charge in [0.15, 0.2) is 10.7 Å². The number of hydrogen-bond acceptors (Lipinski definition) is 8. The van der Waals surface area contributed by atoms with E-state index < -0.39 is 10.0 Å². The first kappa shape index (κ1) is 19.0. The van der Waals surface area contributed by atoms with Crippen molar-refractivity contribution in [2.24, 2.45) is 0 Å². The van der Waals surface area contributed by atoms with E-state index in [-0.39, 0.29) is 16.9 Å². The molecule has 3 heterocycles. The summed E-state index contributed by atoms with van der Waals surface area (Å²) in [5.41, 5.74) is 2.32. The van der Waals surface area contributed by atoms with Gasteiger partial charge in [-0.25, -0.2) is 18.4 Å². The lowest BCUT2D eigenvalue weighted by atomic mass is 10.2. The number of para-hydroxylation sites is 2. The van der Waals surface area contributed by atoms with Gasteiger partial charge in [-0.3, -0.25) is 4.79 Å². The molecule has 29 heavy (non-hydrogen) atoms. The number of nitrogens with one attached hydrogen (secondary N) is 1. The molecule has 0 bridgehead atoms. The number of benzene rings is 1. The van der Waals surface area contributed by atoms with Gasteiger partial charge in [-0.2, -0.15) is 4.31 Å². The molecule has 1 fully saturated rings. The summed E-state index contributed by atoms with van der Waals surface area (Å²) < 4.78 is 32.1. The Hall–Kier alpha value is -1.95. The van der Waals surface area contributed by atoms with Crippen LogP contribution in [0.4, 0.5) is 5.13 Å². The van der Waals surface area contributed by atoms with Crippen molar-refractivity contribution in [2.45, 2.75) is 36.3 Å². The van der Waals surface area contributed by atoms with Crippen LogP contribution in [0.15, 0.2) is 33.9 Å². The fraction of sp³-hybridized carbons (Fsp3) is 0.389. The average Bonchev–Trinajstić information content (AvgIpc) is 3.37. The van der Waals surface area contributed by atoms with Crippen molar-refractivity contribution in [2.75, 3.05) is 17.6 Å². The van der Waals surface area contributed by atoms with Gasteiger partial charge >= 0.3 is 0 Å². The van der Waals surface area contributed by atoms with Crippen LogP contribution < -0.4 is 5.32 Å². The van der Waals surface area contributed by atoms with Gasteiger partial charge in [0.25, 0.3) is 5.22 Å². The lowest BCUT2D eigenvalue weighted by Gasteiger charge is -2.25. The van der Waals surface area contributed by atoms with E-state index in [9.17, 15) is 13.2 Å². The lowest BCUT2D eigenvalue weighted by molar-refractivity contribution is -0.113. The van der Waals surface area contributed by atoms with Crippen LogP contribution in [-0.2, 0) is 27.8 Å². The third kappa shape index (κ3) is 3.91. The zero-order valence-corrected chi connectivity index (χ0v) is 17.8. The maximum atomic E-state index is 12.4. The minimum atomic E-state index is -3.19. The van der Waals surface area contributed by atoms with E-state index in [1.54, 1.807) is 4.31 Å². The largest absolute Gasteiger partial charge is 0.431 e. The summed E-state index contributed by atoms with van der Waals surface area (Å²) >= 11 is 2.57. The van der Waals surface area contributed by atoms with Crippen molar-refractivity contribution in [1.29, 1.82) is 0 Å². The minimum Gasteiger partial charge on any atom is -0.431 e. The van der Waals surface area contributed by atoms with Crippen molar-refractivity contribution >= 4 is 55.3 Å². The Morgan fingerprint density at radius 3 is 2.93 bits per heavy atom. The summed E-state index contributed by atoms with van der Waals surface area (Å²) in [7, 11) is -3.19. The van der Waals surface area contributed by atoms with Gasteiger partial charge < -0.3 is 9.73 Å². The number of aromatic nitrogens is 2. The molecule has 1 aliphatic heterocycles. The van der Waals surface area contributed by atoms with E-state index in [1.807, 2.05) is 24.3 Å². The molecule has 0 atom stereocenters. The van der Waals surface area contributed by atoms with Crippen molar-refractivity contribution in [1.82, 2.24) is 14.3 Å². The summed E-state index contributed by atoms with van der Waals surface area (Å²) in [5.74, 6) is -0.0509. The summed E-state index contributed by atoms with van der Waals surface area (Å²) in [5, 5.41) is 3.54. The number of nitrogens with zero attached hydrogens (tertiary/aromatic N) is 3. The van der Waals surface area contributed by atoms with Gasteiger partial charge in [-0.05, 0) is 25.0 Å². The highest BCUT2D eigenvalue weighted by Crippen LogP contribution is 2.35. The molecule has 1 aromatic carbocycles. The number of thiazole rings is 1. The number of sulfonamides is 1. The van der Waals surface area contributed by atoms with Crippen molar-refractivity contribution in [3.05, 3.63) is 34.8 Å². The van der Waals surface area contributed by atoms with E-state index in [0.717, 1.165) is 28.9 Å². The molecule has 0 unspecified atom stereocenters. The first-order valence-electron chi connectivity index (χ1n) is 9.25. The van der Waals surface area contributed by atoms with Gasteiger partial charge in [0.05, 0.1) is 16.7 Å². The Morgan fingerprint density at radius 1 is 1.31 bits per heavy atom. The van der Waals surface area contributed by atoms with Crippen LogP contribution in [0.2, 0.25) is 0 Å². The van der Waals surface area contributed by atoms with Crippen LogP contribution in [0, 0.1) is 0 Å². The Balaban J connectivity index is 1.20. The maximum Gasteiger partial charge on any atom is 0.257 e. The highest BCUT2D eigenvalue weighted by atomic mass is 32.2. The van der Waals surface area contributed by atoms with Crippen LogP contribution >= 0.6 is 23.1 Å². The van der Waals surface area contributed by atoms with Gasteiger partial charge in [-0.15, -0.1) is 11.3 Å². The number of fused-ring (bicyclic) bond motifs is 2. The predicted octanol–water partition coefficient (Wildman–Crippen LogP) is 2.87. The molecule has 1 saturated carbocycles. The standard InChI is InChI=1S/C18H18N4O4S3/c23-16(10-27-18-20-12-3-1-2-4-14(12)26-18)21-17-19-13-7-8-22(9-15(13)28-17)29(24,25)11-5-6-11/h1-4,11H,5-10H2,(H,19,21,23). The number of anilines is 1. The molecule has 1 N–H and O–H groups in total. The first-order chi connectivity index (χ1) is 14.0. The quantitative estimate of drug-likeness (QED) is 0.576. The number of hydrogen-bond donors (Lipinski definition) is 1. The summed E-state index contributed by atoms with van der Waals surface area (Å²) in [6.45, 7) is 0.801. The Bertz CT molecular complexity index is 1150. The molecule has 5 rings (SSSR count). The number of carbonyl (C=O) groups is 1. The van der Waals surface area contributed by atoms with Gasteiger partial charge in [0, 0.05) is 24.4 Å². The summed E-state index contributed by atoms with van der Waals surface area (Å²) in [4.78, 5) is 22.0. The highest BCUT2D eigenvalue weighted by Gasteiger charge is 2.41. The monoisotopic (exact) mass is 450 g/mol. The zero-order chi connectivity index (χ0) is 20.0. The van der Waals surface area contributed by atoms with Crippen molar-refractivity contribution < 1.29 is 17.6 Å². The zero-order valence-electron chi connectivity index (χ0n) is 15.3. The third-order valence-electron chi connectivity index (χ3n) is 4.85. The molecule has 2 aromatic heterocycles. The van der Waals surface area contributed by atoms with Crippen LogP contribution in [0.5, 0.6) is 0 Å². The van der Waals surface area contributed by atoms with Gasteiger partial charge in [0.1, 0.15) is 5.52 Å². The summed E-state index contributed by atoms with van der Waals surface area (Å²) in [6, 6.07) is 7.44. The fourth-order valence-corrected chi connectivity index (χ4v) is 6.78. The number of thioether (sulfide) groups is 1. The van der Waals surface area contributed by atoms with Crippen molar-refractivity contribution in [3.63, 3.8) is 0 Å². The molecule has 1 amide bonds. The number of carbonyl (C=O) groups excluding carboxylic acids is 1. The van der Waals surface area contributed by atoms with Crippen LogP contribution in [-0.4, -0.2) is 46.1 Å². The molecule has 152 valence electrons. The Morgan fingerprint density at radius 2 is 2.14 bits per heavy atom. The highest BCUT2D eigenvalue weighted by molar-refractivity contribution is 7.99. The van der Waals surface area contributed by atoms with E-state index in [2.05, 4.69) is 15.3 Å². The Labute approximate surface area is 175 Å². The molecule has 0 saturated heterocycles. The molecule has 1 aliphatic carbocycles. The molecule has 3 aromatic rings. The first-order valence-corrected chi connectivity index (χ1v) is 12.6. The third-order valence-corrected chi connectivity index (χ3v) is 9.02. The maximum absolute atomic E-state index is 12.4. The van der Waals surface area contributed by atoms with Crippen LogP contribution in [0.25, 0.3) is 11.1 Å². The van der Waals surface area contributed by atoms with E-state index >= 15 is 0 Å². The summed E-state index contributed by atoms with van der Waals surface area (Å²) in [6.07, 6.45) is 2.09. The van der Waals surface area contributed by atoms with E-state index in [0.29, 0.717) is 35.4 Å². The SMILES string of the molecule is O=C(CSc1nc2ccccc2o1)Nc1nc2c(s1)CN(S(=O)(=O)C1CC1)CC2. The molecular weight excluding hydrogens is 432 g/mol. The van der Waals surface area contributed by atoms with E-state index in [1.165, 1.54) is 23.1 Å². The molecular formula is C18H18N4O4S3. The lowest BCUT2D eigenvalue weighted by Crippen LogP contribution is -2.37. The predicted molar refractivity (Wildman–Crippen MR) is 112 cm³/mol. The molecule has 11 heteroatoms. The van der Waals surface area contributed by atoms with Crippen LogP contribution in [0.3, 0.4) is 0 Å². The van der Waals surface area contributed by atoms with Gasteiger partial charge in [-0.1, -0.05) is 23.9 Å². The number of amides is 1. The molecule has 8 nitrogen and oxygen atoms in total. The average molecular weight is 451 g/mol. The van der Waals surface area contributed by atoms with Crippen molar-refractivity contribution in [3.8, 4) is 0 Å². The van der Waals surface area contributed by atoms with Crippen LogP contribution in [0.1, 0.15) is 23.4 Å². The number of oxazole rings is 1. The molecule has 0 radical (unpaired) electrons. The molecule has 0 spiro atoms. The molecule has 2 aliphatic rings. The normalized spacial score (nSPS) is 17.4.